The number of carbonyl (C=O) groups excluding carboxylic acids is 1. The zero-order chi connectivity index (χ0) is 12.5. The van der Waals surface area contributed by atoms with E-state index in [1.54, 1.807) is 0 Å². The van der Waals surface area contributed by atoms with Crippen LogP contribution >= 0.6 is 15.9 Å². The highest BCUT2D eigenvalue weighted by Crippen LogP contribution is 2.13. The number of pyridine rings is 1. The molecule has 0 amide bonds. The van der Waals surface area contributed by atoms with Gasteiger partial charge < -0.3 is 4.57 Å². The lowest BCUT2D eigenvalue weighted by atomic mass is 10.1. The Morgan fingerprint density at radius 3 is 2.56 bits per heavy atom. The Morgan fingerprint density at radius 2 is 2.12 bits per heavy atom. The van der Waals surface area contributed by atoms with E-state index in [1.807, 2.05) is 0 Å². The molecule has 88 valence electrons. The van der Waals surface area contributed by atoms with Crippen molar-refractivity contribution in [3.05, 3.63) is 32.2 Å². The van der Waals surface area contributed by atoms with E-state index < -0.39 is 24.2 Å². The molecule has 0 saturated heterocycles. The van der Waals surface area contributed by atoms with Crippen molar-refractivity contribution < 1.29 is 13.6 Å². The highest BCUT2D eigenvalue weighted by molar-refractivity contribution is 9.10. The van der Waals surface area contributed by atoms with Crippen LogP contribution in [0.2, 0.25) is 0 Å². The molecule has 0 fully saturated rings. The van der Waals surface area contributed by atoms with Crippen LogP contribution in [0.5, 0.6) is 0 Å². The van der Waals surface area contributed by atoms with Crippen molar-refractivity contribution in [2.45, 2.75) is 26.8 Å². The molecule has 0 bridgehead atoms. The molecule has 0 N–H and O–H groups in total. The standard InChI is InChI=1S/C10H10BrF2NO2/c1-5-9(6(2)15)10(16)7(11)3-14(5)4-8(12)13/h3,8H,4H2,1-2H3. The summed E-state index contributed by atoms with van der Waals surface area (Å²) < 4.78 is 25.8. The molecule has 0 saturated carbocycles. The first-order valence-electron chi connectivity index (χ1n) is 4.53. The number of alkyl halides is 2. The van der Waals surface area contributed by atoms with Gasteiger partial charge in [0.15, 0.2) is 5.78 Å². The average Bonchev–Trinajstić information content (AvgIpc) is 2.13. The number of hydrogen-bond acceptors (Lipinski definition) is 2. The number of rotatable bonds is 3. The van der Waals surface area contributed by atoms with Gasteiger partial charge in [-0.05, 0) is 29.8 Å². The van der Waals surface area contributed by atoms with Gasteiger partial charge in [-0.2, -0.15) is 0 Å². The van der Waals surface area contributed by atoms with Gasteiger partial charge in [0.2, 0.25) is 5.43 Å². The highest BCUT2D eigenvalue weighted by atomic mass is 79.9. The summed E-state index contributed by atoms with van der Waals surface area (Å²) in [6, 6.07) is 0. The summed E-state index contributed by atoms with van der Waals surface area (Å²) in [6.07, 6.45) is -1.26. The summed E-state index contributed by atoms with van der Waals surface area (Å²) in [6.45, 7) is 2.18. The van der Waals surface area contributed by atoms with Gasteiger partial charge in [-0.3, -0.25) is 9.59 Å². The minimum atomic E-state index is -2.53. The maximum Gasteiger partial charge on any atom is 0.256 e. The summed E-state index contributed by atoms with van der Waals surface area (Å²) in [5, 5.41) is 0. The van der Waals surface area contributed by atoms with Gasteiger partial charge in [-0.1, -0.05) is 0 Å². The minimum absolute atomic E-state index is 0.0463. The largest absolute Gasteiger partial charge is 0.344 e. The van der Waals surface area contributed by atoms with E-state index in [0.29, 0.717) is 0 Å². The second kappa shape index (κ2) is 4.86. The monoisotopic (exact) mass is 293 g/mol. The molecule has 0 aliphatic heterocycles. The molecular formula is C10H10BrF2NO2. The Balaban J connectivity index is 3.44. The van der Waals surface area contributed by atoms with Gasteiger partial charge in [0, 0.05) is 11.9 Å². The Morgan fingerprint density at radius 1 is 1.56 bits per heavy atom. The summed E-state index contributed by atoms with van der Waals surface area (Å²) in [4.78, 5) is 22.9. The molecule has 1 heterocycles. The Labute approximate surface area is 99.2 Å². The predicted octanol–water partition coefficient (Wildman–Crippen LogP) is 2.39. The van der Waals surface area contributed by atoms with Crippen LogP contribution in [0.3, 0.4) is 0 Å². The van der Waals surface area contributed by atoms with E-state index in [2.05, 4.69) is 15.9 Å². The van der Waals surface area contributed by atoms with E-state index in [-0.39, 0.29) is 15.7 Å². The topological polar surface area (TPSA) is 39.1 Å². The third kappa shape index (κ3) is 2.55. The van der Waals surface area contributed by atoms with Crippen LogP contribution in [0.25, 0.3) is 0 Å². The minimum Gasteiger partial charge on any atom is -0.344 e. The van der Waals surface area contributed by atoms with Gasteiger partial charge in [0.1, 0.15) is 0 Å². The van der Waals surface area contributed by atoms with Gasteiger partial charge in [-0.15, -0.1) is 0 Å². The van der Waals surface area contributed by atoms with Crippen LogP contribution in [0.1, 0.15) is 23.0 Å². The normalized spacial score (nSPS) is 10.9. The van der Waals surface area contributed by atoms with E-state index in [9.17, 15) is 18.4 Å². The number of halogens is 3. The fourth-order valence-corrected chi connectivity index (χ4v) is 1.92. The fourth-order valence-electron chi connectivity index (χ4n) is 1.47. The predicted molar refractivity (Wildman–Crippen MR) is 59.1 cm³/mol. The van der Waals surface area contributed by atoms with Crippen molar-refractivity contribution >= 4 is 21.7 Å². The average molecular weight is 294 g/mol. The molecule has 0 spiro atoms. The Bertz CT molecular complexity index is 482. The number of hydrogen-bond donors (Lipinski definition) is 0. The molecule has 1 aromatic rings. The number of nitrogens with zero attached hydrogens (tertiary/aromatic N) is 1. The van der Waals surface area contributed by atoms with Gasteiger partial charge >= 0.3 is 0 Å². The van der Waals surface area contributed by atoms with Crippen molar-refractivity contribution in [3.63, 3.8) is 0 Å². The number of Topliss-reactive ketones (excluding diaryl/α,β-unsaturated/α-hetero) is 1. The molecule has 0 aliphatic carbocycles. The lowest BCUT2D eigenvalue weighted by Gasteiger charge is -2.13. The molecular weight excluding hydrogens is 284 g/mol. The van der Waals surface area contributed by atoms with Crippen molar-refractivity contribution in [1.29, 1.82) is 0 Å². The molecule has 1 rings (SSSR count). The van der Waals surface area contributed by atoms with Crippen LogP contribution in [0.4, 0.5) is 8.78 Å². The first-order valence-corrected chi connectivity index (χ1v) is 5.32. The third-order valence-electron chi connectivity index (χ3n) is 2.19. The Hall–Kier alpha value is -1.04. The van der Waals surface area contributed by atoms with Gasteiger partial charge in [0.05, 0.1) is 16.6 Å². The van der Waals surface area contributed by atoms with E-state index in [1.165, 1.54) is 24.6 Å². The molecule has 0 atom stereocenters. The summed E-state index contributed by atoms with van der Waals surface area (Å²) in [7, 11) is 0. The molecule has 1 aromatic heterocycles. The second-order valence-electron chi connectivity index (χ2n) is 3.37. The second-order valence-corrected chi connectivity index (χ2v) is 4.22. The summed E-state index contributed by atoms with van der Waals surface area (Å²) in [5.41, 5.74) is -0.244. The van der Waals surface area contributed by atoms with E-state index in [0.717, 1.165) is 0 Å². The molecule has 0 radical (unpaired) electrons. The quantitative estimate of drug-likeness (QED) is 0.803. The van der Waals surface area contributed by atoms with Crippen molar-refractivity contribution in [3.8, 4) is 0 Å². The van der Waals surface area contributed by atoms with Crippen molar-refractivity contribution in [2.24, 2.45) is 0 Å². The highest BCUT2D eigenvalue weighted by Gasteiger charge is 2.16. The van der Waals surface area contributed by atoms with Crippen LogP contribution in [-0.4, -0.2) is 16.8 Å². The zero-order valence-corrected chi connectivity index (χ0v) is 10.3. The summed E-state index contributed by atoms with van der Waals surface area (Å²) >= 11 is 2.96. The zero-order valence-electron chi connectivity index (χ0n) is 8.76. The number of ketones is 1. The first-order chi connectivity index (χ1) is 7.34. The molecule has 6 heteroatoms. The van der Waals surface area contributed by atoms with Crippen molar-refractivity contribution in [2.75, 3.05) is 0 Å². The number of aromatic nitrogens is 1. The molecule has 0 aromatic carbocycles. The Kier molecular flexibility index (Phi) is 3.96. The maximum atomic E-state index is 12.3. The molecule has 0 unspecified atom stereocenters. The SMILES string of the molecule is CC(=O)c1c(C)n(CC(F)F)cc(Br)c1=O. The number of carbonyl (C=O) groups is 1. The summed E-state index contributed by atoms with van der Waals surface area (Å²) in [5.74, 6) is -0.424. The van der Waals surface area contributed by atoms with Crippen LogP contribution in [0.15, 0.2) is 15.5 Å². The van der Waals surface area contributed by atoms with Crippen LogP contribution in [-0.2, 0) is 6.54 Å². The third-order valence-corrected chi connectivity index (χ3v) is 2.76. The smallest absolute Gasteiger partial charge is 0.256 e. The maximum absolute atomic E-state index is 12.3. The lowest BCUT2D eigenvalue weighted by Crippen LogP contribution is -2.22. The van der Waals surface area contributed by atoms with Crippen LogP contribution < -0.4 is 5.43 Å². The molecule has 0 aliphatic rings. The molecule has 3 nitrogen and oxygen atoms in total. The van der Waals surface area contributed by atoms with Gasteiger partial charge in [0.25, 0.3) is 6.43 Å². The van der Waals surface area contributed by atoms with Crippen LogP contribution in [0, 0.1) is 6.92 Å². The van der Waals surface area contributed by atoms with E-state index in [4.69, 9.17) is 0 Å². The van der Waals surface area contributed by atoms with Gasteiger partial charge in [-0.25, -0.2) is 8.78 Å². The lowest BCUT2D eigenvalue weighted by molar-refractivity contribution is 0.101. The fraction of sp³-hybridized carbons (Fsp3) is 0.400. The first kappa shape index (κ1) is 13.0. The van der Waals surface area contributed by atoms with E-state index >= 15 is 0 Å². The van der Waals surface area contributed by atoms with Crippen molar-refractivity contribution in [1.82, 2.24) is 4.57 Å². The molecule has 16 heavy (non-hydrogen) atoms.